The second kappa shape index (κ2) is 5.45. The second-order valence-corrected chi connectivity index (χ2v) is 5.25. The van der Waals surface area contributed by atoms with Crippen molar-refractivity contribution >= 4 is 5.82 Å². The summed E-state index contributed by atoms with van der Waals surface area (Å²) >= 11 is 0. The van der Waals surface area contributed by atoms with Gasteiger partial charge in [-0.05, 0) is 25.3 Å². The van der Waals surface area contributed by atoms with Crippen LogP contribution in [0.5, 0.6) is 0 Å². The van der Waals surface area contributed by atoms with Gasteiger partial charge in [0.25, 0.3) is 0 Å². The van der Waals surface area contributed by atoms with E-state index >= 15 is 0 Å². The van der Waals surface area contributed by atoms with E-state index in [0.717, 1.165) is 43.0 Å². The van der Waals surface area contributed by atoms with E-state index in [2.05, 4.69) is 34.0 Å². The summed E-state index contributed by atoms with van der Waals surface area (Å²) in [4.78, 5) is 11.3. The minimum atomic E-state index is 0.748. The third-order valence-electron chi connectivity index (χ3n) is 3.24. The molecule has 0 saturated carbocycles. The minimum Gasteiger partial charge on any atom is -0.355 e. The summed E-state index contributed by atoms with van der Waals surface area (Å²) in [5, 5.41) is 3.08. The Bertz CT molecular complexity index is 339. The number of nitrogens with one attached hydrogen (secondary N) is 1. The molecule has 0 radical (unpaired) electrons. The molecule has 1 saturated heterocycles. The molecule has 2 atom stereocenters. The van der Waals surface area contributed by atoms with Crippen molar-refractivity contribution in [2.24, 2.45) is 11.8 Å². The maximum Gasteiger partial charge on any atom is 0.147 e. The molecule has 2 rings (SSSR count). The van der Waals surface area contributed by atoms with Crippen molar-refractivity contribution in [3.8, 4) is 0 Å². The number of nitrogens with zero attached hydrogens (tertiary/aromatic N) is 3. The van der Waals surface area contributed by atoms with Crippen molar-refractivity contribution in [3.05, 3.63) is 18.1 Å². The average Bonchev–Trinajstić information content (AvgIpc) is 2.29. The number of rotatable bonds is 3. The molecule has 0 amide bonds. The zero-order chi connectivity index (χ0) is 12.3. The first kappa shape index (κ1) is 12.3. The lowest BCUT2D eigenvalue weighted by Crippen LogP contribution is -2.39. The number of piperidine rings is 1. The van der Waals surface area contributed by atoms with Gasteiger partial charge in [-0.2, -0.15) is 0 Å². The highest BCUT2D eigenvalue weighted by atomic mass is 15.2. The Morgan fingerprint density at radius 2 is 1.94 bits per heavy atom. The lowest BCUT2D eigenvalue weighted by Gasteiger charge is -2.35. The molecule has 1 aromatic rings. The van der Waals surface area contributed by atoms with Crippen molar-refractivity contribution in [3.63, 3.8) is 0 Å². The highest BCUT2D eigenvalue weighted by Gasteiger charge is 2.22. The molecule has 4 heteroatoms. The van der Waals surface area contributed by atoms with Crippen LogP contribution >= 0.6 is 0 Å². The Kier molecular flexibility index (Phi) is 3.94. The number of hydrogen-bond donors (Lipinski definition) is 1. The van der Waals surface area contributed by atoms with E-state index in [9.17, 15) is 0 Å². The second-order valence-electron chi connectivity index (χ2n) is 5.25. The van der Waals surface area contributed by atoms with Gasteiger partial charge in [-0.25, -0.2) is 4.98 Å². The topological polar surface area (TPSA) is 41.1 Å². The maximum atomic E-state index is 4.51. The number of hydrogen-bond acceptors (Lipinski definition) is 4. The molecule has 2 heterocycles. The summed E-state index contributed by atoms with van der Waals surface area (Å²) in [6.07, 6.45) is 5.09. The summed E-state index contributed by atoms with van der Waals surface area (Å²) < 4.78 is 0. The summed E-state index contributed by atoms with van der Waals surface area (Å²) in [6, 6.07) is 0. The molecule has 0 bridgehead atoms. The average molecular weight is 234 g/mol. The van der Waals surface area contributed by atoms with Crippen molar-refractivity contribution in [2.45, 2.75) is 26.8 Å². The van der Waals surface area contributed by atoms with Gasteiger partial charge in [0.05, 0.1) is 18.1 Å². The molecule has 4 nitrogen and oxygen atoms in total. The van der Waals surface area contributed by atoms with E-state index in [4.69, 9.17) is 0 Å². The molecule has 1 aliphatic rings. The molecule has 1 aromatic heterocycles. The van der Waals surface area contributed by atoms with Crippen LogP contribution in [0.3, 0.4) is 0 Å². The van der Waals surface area contributed by atoms with Crippen molar-refractivity contribution in [1.29, 1.82) is 0 Å². The third kappa shape index (κ3) is 3.16. The third-order valence-corrected chi connectivity index (χ3v) is 3.24. The molecule has 1 N–H and O–H groups in total. The fourth-order valence-electron chi connectivity index (χ4n) is 2.63. The quantitative estimate of drug-likeness (QED) is 0.864. The Morgan fingerprint density at radius 3 is 2.47 bits per heavy atom. The first-order valence-electron chi connectivity index (χ1n) is 6.39. The van der Waals surface area contributed by atoms with Crippen molar-refractivity contribution in [1.82, 2.24) is 15.3 Å². The number of anilines is 1. The van der Waals surface area contributed by atoms with Gasteiger partial charge in [0.15, 0.2) is 0 Å². The van der Waals surface area contributed by atoms with E-state index in [1.807, 2.05) is 19.4 Å². The van der Waals surface area contributed by atoms with Gasteiger partial charge in [0.1, 0.15) is 5.82 Å². The Balaban J connectivity index is 2.06. The molecular formula is C13H22N4. The molecule has 1 aliphatic heterocycles. The van der Waals surface area contributed by atoms with Crippen LogP contribution in [0.15, 0.2) is 12.4 Å². The first-order valence-corrected chi connectivity index (χ1v) is 6.39. The molecule has 0 aromatic carbocycles. The molecule has 0 spiro atoms. The Labute approximate surface area is 103 Å². The fourth-order valence-corrected chi connectivity index (χ4v) is 2.63. The van der Waals surface area contributed by atoms with Crippen LogP contribution in [0.25, 0.3) is 0 Å². The van der Waals surface area contributed by atoms with E-state index in [0.29, 0.717) is 0 Å². The molecule has 2 unspecified atom stereocenters. The summed E-state index contributed by atoms with van der Waals surface area (Å²) in [7, 11) is 1.92. The predicted octanol–water partition coefficient (Wildman–Crippen LogP) is 1.68. The molecule has 0 aliphatic carbocycles. The lowest BCUT2D eigenvalue weighted by molar-refractivity contribution is 0.355. The standard InChI is InChI=1S/C13H22N4/c1-10-4-11(2)9-17(8-10)13-7-15-12(5-14-3)6-16-13/h6-7,10-11,14H,4-5,8-9H2,1-3H3. The predicted molar refractivity (Wildman–Crippen MR) is 70.0 cm³/mol. The zero-order valence-electron chi connectivity index (χ0n) is 11.0. The normalized spacial score (nSPS) is 25.0. The smallest absolute Gasteiger partial charge is 0.147 e. The Morgan fingerprint density at radius 1 is 1.24 bits per heavy atom. The van der Waals surface area contributed by atoms with E-state index < -0.39 is 0 Å². The van der Waals surface area contributed by atoms with Crippen LogP contribution in [0, 0.1) is 11.8 Å². The molecule has 94 valence electrons. The van der Waals surface area contributed by atoms with Crippen molar-refractivity contribution in [2.75, 3.05) is 25.0 Å². The van der Waals surface area contributed by atoms with Crippen LogP contribution in [0.4, 0.5) is 5.82 Å². The van der Waals surface area contributed by atoms with Gasteiger partial charge in [0, 0.05) is 19.6 Å². The SMILES string of the molecule is CNCc1cnc(N2CC(C)CC(C)C2)cn1. The van der Waals surface area contributed by atoms with Gasteiger partial charge in [-0.3, -0.25) is 4.98 Å². The van der Waals surface area contributed by atoms with Crippen LogP contribution < -0.4 is 10.2 Å². The maximum absolute atomic E-state index is 4.51. The summed E-state index contributed by atoms with van der Waals surface area (Å²) in [5.74, 6) is 2.51. The zero-order valence-corrected chi connectivity index (χ0v) is 11.0. The highest BCUT2D eigenvalue weighted by molar-refractivity contribution is 5.36. The van der Waals surface area contributed by atoms with E-state index in [1.54, 1.807) is 0 Å². The lowest BCUT2D eigenvalue weighted by atomic mass is 9.92. The molecule has 1 fully saturated rings. The molecular weight excluding hydrogens is 212 g/mol. The fraction of sp³-hybridized carbons (Fsp3) is 0.692. The van der Waals surface area contributed by atoms with Gasteiger partial charge in [-0.15, -0.1) is 0 Å². The van der Waals surface area contributed by atoms with Gasteiger partial charge >= 0.3 is 0 Å². The summed E-state index contributed by atoms with van der Waals surface area (Å²) in [6.45, 7) is 7.60. The van der Waals surface area contributed by atoms with E-state index in [-0.39, 0.29) is 0 Å². The monoisotopic (exact) mass is 234 g/mol. The highest BCUT2D eigenvalue weighted by Crippen LogP contribution is 2.24. The Hall–Kier alpha value is -1.16. The largest absolute Gasteiger partial charge is 0.355 e. The first-order chi connectivity index (χ1) is 8.19. The van der Waals surface area contributed by atoms with Gasteiger partial charge in [0.2, 0.25) is 0 Å². The van der Waals surface area contributed by atoms with Crippen molar-refractivity contribution < 1.29 is 0 Å². The van der Waals surface area contributed by atoms with Crippen LogP contribution in [0.2, 0.25) is 0 Å². The number of aromatic nitrogens is 2. The van der Waals surface area contributed by atoms with Crippen LogP contribution in [0.1, 0.15) is 26.0 Å². The summed E-state index contributed by atoms with van der Waals surface area (Å²) in [5.41, 5.74) is 0.995. The van der Waals surface area contributed by atoms with Gasteiger partial charge in [-0.1, -0.05) is 13.8 Å². The van der Waals surface area contributed by atoms with Crippen LogP contribution in [-0.2, 0) is 6.54 Å². The van der Waals surface area contributed by atoms with Gasteiger partial charge < -0.3 is 10.2 Å². The minimum absolute atomic E-state index is 0.748. The van der Waals surface area contributed by atoms with Crippen LogP contribution in [-0.4, -0.2) is 30.1 Å². The molecule has 17 heavy (non-hydrogen) atoms. The van der Waals surface area contributed by atoms with E-state index in [1.165, 1.54) is 6.42 Å².